The number of nitrogens with one attached hydrogen (secondary N) is 2. The summed E-state index contributed by atoms with van der Waals surface area (Å²) in [6.45, 7) is 1.50. The molecule has 1 aliphatic rings. The molecule has 134 valence electrons. The second-order valence-electron chi connectivity index (χ2n) is 6.06. The zero-order valence-electron chi connectivity index (χ0n) is 14.3. The largest absolute Gasteiger partial charge is 0.281 e. The molecule has 1 aromatic heterocycles. The molecular formula is C19H15N5O3. The lowest BCUT2D eigenvalue weighted by Gasteiger charge is -2.22. The minimum Gasteiger partial charge on any atom is -0.281 e. The Hall–Kier alpha value is -3.81. The van der Waals surface area contributed by atoms with Crippen LogP contribution < -0.4 is 10.9 Å². The van der Waals surface area contributed by atoms with Crippen LogP contribution in [-0.4, -0.2) is 38.6 Å². The number of imide groups is 1. The molecule has 0 aliphatic carbocycles. The Morgan fingerprint density at radius 1 is 0.963 bits per heavy atom. The lowest BCUT2D eigenvalue weighted by atomic mass is 10.1. The number of amides is 3. The highest BCUT2D eigenvalue weighted by atomic mass is 16.2. The van der Waals surface area contributed by atoms with E-state index in [4.69, 9.17) is 0 Å². The molecule has 0 bridgehead atoms. The van der Waals surface area contributed by atoms with E-state index >= 15 is 0 Å². The number of hydrogen-bond acceptors (Lipinski definition) is 6. The minimum atomic E-state index is -0.988. The number of hydrazine groups is 1. The number of nitrogens with zero attached hydrogens (tertiary/aromatic N) is 3. The van der Waals surface area contributed by atoms with E-state index in [-0.39, 0.29) is 0 Å². The molecule has 0 radical (unpaired) electrons. The van der Waals surface area contributed by atoms with Crippen LogP contribution in [0.4, 0.5) is 5.82 Å². The number of anilines is 1. The third-order valence-electron chi connectivity index (χ3n) is 4.44. The Balaban J connectivity index is 1.51. The van der Waals surface area contributed by atoms with Crippen molar-refractivity contribution in [3.05, 3.63) is 66.0 Å². The van der Waals surface area contributed by atoms with Crippen molar-refractivity contribution in [2.75, 3.05) is 5.43 Å². The first kappa shape index (κ1) is 16.6. The third-order valence-corrected chi connectivity index (χ3v) is 4.44. The summed E-state index contributed by atoms with van der Waals surface area (Å²) in [4.78, 5) is 46.7. The van der Waals surface area contributed by atoms with E-state index in [1.54, 1.807) is 24.3 Å². The summed E-state index contributed by atoms with van der Waals surface area (Å²) in [7, 11) is 0. The standard InChI is InChI=1S/C19H15N5O3/c1-11(24-18(26)12-6-2-3-7-13(12)19(24)27)17(25)23-22-16-14-8-4-5-9-15(14)20-10-21-16/h2-11H,1H3,(H,23,25)(H,20,21,22)/t11-/m0/s1. The van der Waals surface area contributed by atoms with E-state index in [0.29, 0.717) is 16.9 Å². The predicted octanol–water partition coefficient (Wildman–Crippen LogP) is 1.76. The molecule has 4 rings (SSSR count). The average molecular weight is 361 g/mol. The minimum absolute atomic E-state index is 0.303. The van der Waals surface area contributed by atoms with Gasteiger partial charge in [0.1, 0.15) is 12.4 Å². The molecule has 8 nitrogen and oxygen atoms in total. The van der Waals surface area contributed by atoms with Gasteiger partial charge < -0.3 is 0 Å². The predicted molar refractivity (Wildman–Crippen MR) is 97.7 cm³/mol. The van der Waals surface area contributed by atoms with Gasteiger partial charge in [-0.1, -0.05) is 24.3 Å². The summed E-state index contributed by atoms with van der Waals surface area (Å²) in [5.74, 6) is -1.08. The molecule has 8 heteroatoms. The molecule has 1 atom stereocenters. The number of benzene rings is 2. The van der Waals surface area contributed by atoms with Crippen molar-refractivity contribution in [3.63, 3.8) is 0 Å². The van der Waals surface area contributed by atoms with Gasteiger partial charge in [-0.3, -0.25) is 30.1 Å². The number of para-hydroxylation sites is 1. The van der Waals surface area contributed by atoms with Crippen molar-refractivity contribution in [1.29, 1.82) is 0 Å². The van der Waals surface area contributed by atoms with E-state index in [0.717, 1.165) is 15.8 Å². The summed E-state index contributed by atoms with van der Waals surface area (Å²) in [5.41, 5.74) is 6.58. The number of hydrogen-bond donors (Lipinski definition) is 2. The Morgan fingerprint density at radius 2 is 1.59 bits per heavy atom. The fourth-order valence-corrected chi connectivity index (χ4v) is 3.01. The maximum absolute atomic E-state index is 12.5. The second kappa shape index (κ2) is 6.49. The highest BCUT2D eigenvalue weighted by molar-refractivity contribution is 6.22. The summed E-state index contributed by atoms with van der Waals surface area (Å²) < 4.78 is 0. The van der Waals surface area contributed by atoms with Gasteiger partial charge in [0, 0.05) is 5.39 Å². The van der Waals surface area contributed by atoms with E-state index < -0.39 is 23.8 Å². The van der Waals surface area contributed by atoms with Crippen molar-refractivity contribution in [2.24, 2.45) is 0 Å². The zero-order valence-corrected chi connectivity index (χ0v) is 14.3. The van der Waals surface area contributed by atoms with Crippen molar-refractivity contribution in [3.8, 4) is 0 Å². The van der Waals surface area contributed by atoms with Crippen LogP contribution >= 0.6 is 0 Å². The lowest BCUT2D eigenvalue weighted by Crippen LogP contribution is -2.49. The molecule has 27 heavy (non-hydrogen) atoms. The average Bonchev–Trinajstić information content (AvgIpc) is 2.96. The molecule has 0 fully saturated rings. The third kappa shape index (κ3) is 2.77. The fourth-order valence-electron chi connectivity index (χ4n) is 3.01. The maximum Gasteiger partial charge on any atom is 0.262 e. The van der Waals surface area contributed by atoms with E-state index in [2.05, 4.69) is 20.8 Å². The Morgan fingerprint density at radius 3 is 2.30 bits per heavy atom. The Bertz CT molecular complexity index is 1040. The van der Waals surface area contributed by atoms with Crippen molar-refractivity contribution < 1.29 is 14.4 Å². The van der Waals surface area contributed by atoms with Crippen LogP contribution in [-0.2, 0) is 4.79 Å². The number of aromatic nitrogens is 2. The molecule has 1 aliphatic heterocycles. The summed E-state index contributed by atoms with van der Waals surface area (Å²) in [6.07, 6.45) is 1.38. The highest BCUT2D eigenvalue weighted by Gasteiger charge is 2.40. The van der Waals surface area contributed by atoms with Crippen LogP contribution in [0.1, 0.15) is 27.6 Å². The Labute approximate surface area is 154 Å². The van der Waals surface area contributed by atoms with Crippen LogP contribution in [0.25, 0.3) is 10.9 Å². The van der Waals surface area contributed by atoms with Gasteiger partial charge in [0.25, 0.3) is 17.7 Å². The monoisotopic (exact) mass is 361 g/mol. The number of carbonyl (C=O) groups excluding carboxylic acids is 3. The molecule has 2 heterocycles. The van der Waals surface area contributed by atoms with Gasteiger partial charge in [-0.25, -0.2) is 9.97 Å². The highest BCUT2D eigenvalue weighted by Crippen LogP contribution is 2.24. The van der Waals surface area contributed by atoms with Gasteiger partial charge in [-0.05, 0) is 31.2 Å². The quantitative estimate of drug-likeness (QED) is 0.542. The summed E-state index contributed by atoms with van der Waals surface area (Å²) in [6, 6.07) is 12.8. The summed E-state index contributed by atoms with van der Waals surface area (Å²) in [5, 5.41) is 0.730. The molecule has 0 spiro atoms. The molecule has 3 amide bonds. The lowest BCUT2D eigenvalue weighted by molar-refractivity contribution is -0.124. The molecule has 0 unspecified atom stereocenters. The van der Waals surface area contributed by atoms with Gasteiger partial charge in [0.15, 0.2) is 5.82 Å². The molecule has 3 aromatic rings. The zero-order chi connectivity index (χ0) is 19.0. The first-order valence-electron chi connectivity index (χ1n) is 8.30. The van der Waals surface area contributed by atoms with Gasteiger partial charge in [-0.15, -0.1) is 0 Å². The van der Waals surface area contributed by atoms with E-state index in [9.17, 15) is 14.4 Å². The first-order valence-corrected chi connectivity index (χ1v) is 8.30. The van der Waals surface area contributed by atoms with Crippen LogP contribution in [0.2, 0.25) is 0 Å². The van der Waals surface area contributed by atoms with Crippen molar-refractivity contribution in [1.82, 2.24) is 20.3 Å². The number of fused-ring (bicyclic) bond motifs is 2. The SMILES string of the molecule is C[C@@H](C(=O)NNc1ncnc2ccccc12)N1C(=O)c2ccccc2C1=O. The molecular weight excluding hydrogens is 346 g/mol. The summed E-state index contributed by atoms with van der Waals surface area (Å²) >= 11 is 0. The topological polar surface area (TPSA) is 104 Å². The van der Waals surface area contributed by atoms with E-state index in [1.165, 1.54) is 13.3 Å². The van der Waals surface area contributed by atoms with Crippen molar-refractivity contribution >= 4 is 34.4 Å². The van der Waals surface area contributed by atoms with Gasteiger partial charge in [-0.2, -0.15) is 0 Å². The molecule has 0 saturated heterocycles. The molecule has 2 N–H and O–H groups in total. The van der Waals surface area contributed by atoms with Crippen LogP contribution in [0, 0.1) is 0 Å². The van der Waals surface area contributed by atoms with E-state index in [1.807, 2.05) is 24.3 Å². The normalized spacial score (nSPS) is 14.2. The Kier molecular flexibility index (Phi) is 4.00. The fraction of sp³-hybridized carbons (Fsp3) is 0.105. The number of rotatable bonds is 4. The van der Waals surface area contributed by atoms with Crippen LogP contribution in [0.5, 0.6) is 0 Å². The smallest absolute Gasteiger partial charge is 0.262 e. The maximum atomic E-state index is 12.5. The molecule has 0 saturated carbocycles. The van der Waals surface area contributed by atoms with Crippen LogP contribution in [0.3, 0.4) is 0 Å². The second-order valence-corrected chi connectivity index (χ2v) is 6.06. The van der Waals surface area contributed by atoms with Gasteiger partial charge in [0.05, 0.1) is 16.6 Å². The van der Waals surface area contributed by atoms with Gasteiger partial charge in [0.2, 0.25) is 0 Å². The number of carbonyl (C=O) groups is 3. The van der Waals surface area contributed by atoms with Gasteiger partial charge >= 0.3 is 0 Å². The van der Waals surface area contributed by atoms with Crippen molar-refractivity contribution in [2.45, 2.75) is 13.0 Å². The van der Waals surface area contributed by atoms with Crippen LogP contribution in [0.15, 0.2) is 54.9 Å². The molecule has 2 aromatic carbocycles. The first-order chi connectivity index (χ1) is 13.1.